The Morgan fingerprint density at radius 1 is 1.67 bits per heavy atom. The first-order valence-corrected chi connectivity index (χ1v) is 4.83. The highest BCUT2D eigenvalue weighted by Crippen LogP contribution is 2.31. The van der Waals surface area contributed by atoms with Crippen molar-refractivity contribution in [1.82, 2.24) is 0 Å². The lowest BCUT2D eigenvalue weighted by molar-refractivity contribution is -0.124. The van der Waals surface area contributed by atoms with Gasteiger partial charge in [0.25, 0.3) is 0 Å². The number of allylic oxidation sites excluding steroid dienone is 1. The molecule has 0 aromatic carbocycles. The fourth-order valence-electron chi connectivity index (χ4n) is 1.95. The van der Waals surface area contributed by atoms with Crippen LogP contribution in [0.15, 0.2) is 12.2 Å². The normalized spacial score (nSPS) is 30.3. The van der Waals surface area contributed by atoms with Crippen LogP contribution in [0.3, 0.4) is 0 Å². The third kappa shape index (κ3) is 1.96. The minimum atomic E-state index is 0.170. The summed E-state index contributed by atoms with van der Waals surface area (Å²) in [5, 5.41) is 0. The van der Waals surface area contributed by atoms with E-state index in [-0.39, 0.29) is 5.92 Å². The Balaban J connectivity index is 2.59. The van der Waals surface area contributed by atoms with E-state index >= 15 is 0 Å². The molecule has 12 heavy (non-hydrogen) atoms. The predicted octanol–water partition coefficient (Wildman–Crippen LogP) is 2.96. The van der Waals surface area contributed by atoms with Crippen LogP contribution in [0.5, 0.6) is 0 Å². The molecule has 68 valence electrons. The van der Waals surface area contributed by atoms with Crippen molar-refractivity contribution < 1.29 is 4.79 Å². The molecule has 1 aliphatic rings. The maximum atomic E-state index is 11.4. The van der Waals surface area contributed by atoms with Gasteiger partial charge < -0.3 is 0 Å². The molecule has 1 nitrogen and oxygen atoms in total. The summed E-state index contributed by atoms with van der Waals surface area (Å²) < 4.78 is 0. The molecule has 0 saturated heterocycles. The molecule has 0 spiro atoms. The zero-order chi connectivity index (χ0) is 9.14. The molecular formula is C11H18O. The molecule has 1 rings (SSSR count). The molecule has 0 aromatic rings. The van der Waals surface area contributed by atoms with Crippen LogP contribution in [0, 0.1) is 11.8 Å². The lowest BCUT2D eigenvalue weighted by atomic mass is 9.77. The van der Waals surface area contributed by atoms with Crippen LogP contribution in [-0.4, -0.2) is 5.78 Å². The Morgan fingerprint density at radius 2 is 2.33 bits per heavy atom. The van der Waals surface area contributed by atoms with Crippen molar-refractivity contribution in [2.24, 2.45) is 11.8 Å². The fraction of sp³-hybridized carbons (Fsp3) is 0.727. The van der Waals surface area contributed by atoms with Gasteiger partial charge >= 0.3 is 0 Å². The van der Waals surface area contributed by atoms with Crippen LogP contribution in [0.1, 0.15) is 39.5 Å². The van der Waals surface area contributed by atoms with Gasteiger partial charge in [0, 0.05) is 12.3 Å². The standard InChI is InChI=1S/C11H18O/c1-4-9-5-6-11(12)10(7-9)8(2)3/h9-10H,2,4-7H2,1,3H3. The zero-order valence-electron chi connectivity index (χ0n) is 8.10. The summed E-state index contributed by atoms with van der Waals surface area (Å²) >= 11 is 0. The molecular weight excluding hydrogens is 148 g/mol. The van der Waals surface area contributed by atoms with E-state index in [1.54, 1.807) is 0 Å². The second-order valence-electron chi connectivity index (χ2n) is 3.91. The third-order valence-corrected chi connectivity index (χ3v) is 2.93. The second kappa shape index (κ2) is 3.88. The Morgan fingerprint density at radius 3 is 2.83 bits per heavy atom. The molecule has 1 fully saturated rings. The second-order valence-corrected chi connectivity index (χ2v) is 3.91. The van der Waals surface area contributed by atoms with Crippen molar-refractivity contribution in [3.05, 3.63) is 12.2 Å². The maximum Gasteiger partial charge on any atom is 0.139 e. The van der Waals surface area contributed by atoms with Crippen molar-refractivity contribution in [2.45, 2.75) is 39.5 Å². The molecule has 1 aliphatic carbocycles. The number of hydrogen-bond donors (Lipinski definition) is 0. The minimum Gasteiger partial charge on any atom is -0.299 e. The summed E-state index contributed by atoms with van der Waals surface area (Å²) in [6.45, 7) is 8.05. The number of carbonyl (C=O) groups is 1. The van der Waals surface area contributed by atoms with Crippen molar-refractivity contribution in [1.29, 1.82) is 0 Å². The molecule has 2 atom stereocenters. The average molecular weight is 166 g/mol. The number of rotatable bonds is 2. The van der Waals surface area contributed by atoms with Crippen LogP contribution in [0.4, 0.5) is 0 Å². The van der Waals surface area contributed by atoms with Crippen LogP contribution in [0.2, 0.25) is 0 Å². The van der Waals surface area contributed by atoms with Crippen LogP contribution in [0.25, 0.3) is 0 Å². The molecule has 0 bridgehead atoms. The van der Waals surface area contributed by atoms with Gasteiger partial charge in [0.05, 0.1) is 0 Å². The lowest BCUT2D eigenvalue weighted by Crippen LogP contribution is -2.25. The molecule has 0 aliphatic heterocycles. The van der Waals surface area contributed by atoms with E-state index in [1.165, 1.54) is 6.42 Å². The number of ketones is 1. The first-order chi connectivity index (χ1) is 5.65. The quantitative estimate of drug-likeness (QED) is 0.576. The van der Waals surface area contributed by atoms with E-state index in [9.17, 15) is 4.79 Å². The minimum absolute atomic E-state index is 0.170. The Labute approximate surface area is 74.9 Å². The summed E-state index contributed by atoms with van der Waals surface area (Å²) in [4.78, 5) is 11.4. The van der Waals surface area contributed by atoms with Crippen molar-refractivity contribution in [2.75, 3.05) is 0 Å². The largest absolute Gasteiger partial charge is 0.299 e. The number of Topliss-reactive ketones (excluding diaryl/α,β-unsaturated/α-hetero) is 1. The Kier molecular flexibility index (Phi) is 3.07. The molecule has 0 heterocycles. The van der Waals surface area contributed by atoms with Gasteiger partial charge in [-0.1, -0.05) is 25.5 Å². The highest BCUT2D eigenvalue weighted by atomic mass is 16.1. The van der Waals surface area contributed by atoms with Crippen LogP contribution in [-0.2, 0) is 4.79 Å². The molecule has 1 saturated carbocycles. The zero-order valence-corrected chi connectivity index (χ0v) is 8.10. The highest BCUT2D eigenvalue weighted by molar-refractivity contribution is 5.84. The Hall–Kier alpha value is -0.590. The fourth-order valence-corrected chi connectivity index (χ4v) is 1.95. The van der Waals surface area contributed by atoms with Crippen LogP contribution < -0.4 is 0 Å². The van der Waals surface area contributed by atoms with E-state index in [1.807, 2.05) is 6.92 Å². The highest BCUT2D eigenvalue weighted by Gasteiger charge is 2.27. The van der Waals surface area contributed by atoms with Gasteiger partial charge in [0.2, 0.25) is 0 Å². The van der Waals surface area contributed by atoms with Crippen LogP contribution >= 0.6 is 0 Å². The van der Waals surface area contributed by atoms with E-state index in [0.717, 1.165) is 30.8 Å². The smallest absolute Gasteiger partial charge is 0.139 e. The number of carbonyl (C=O) groups excluding carboxylic acids is 1. The maximum absolute atomic E-state index is 11.4. The average Bonchev–Trinajstić information content (AvgIpc) is 2.05. The van der Waals surface area contributed by atoms with Crippen molar-refractivity contribution >= 4 is 5.78 Å². The molecule has 2 unspecified atom stereocenters. The first-order valence-electron chi connectivity index (χ1n) is 4.83. The van der Waals surface area contributed by atoms with E-state index < -0.39 is 0 Å². The van der Waals surface area contributed by atoms with Gasteiger partial charge in [-0.25, -0.2) is 0 Å². The molecule has 0 aromatic heterocycles. The summed E-state index contributed by atoms with van der Waals surface area (Å²) in [5.74, 6) is 1.33. The van der Waals surface area contributed by atoms with Gasteiger partial charge in [-0.05, 0) is 25.7 Å². The van der Waals surface area contributed by atoms with E-state index in [4.69, 9.17) is 0 Å². The predicted molar refractivity (Wildman–Crippen MR) is 50.9 cm³/mol. The van der Waals surface area contributed by atoms with Crippen molar-refractivity contribution in [3.8, 4) is 0 Å². The monoisotopic (exact) mass is 166 g/mol. The molecule has 0 radical (unpaired) electrons. The number of hydrogen-bond acceptors (Lipinski definition) is 1. The molecule has 0 N–H and O–H groups in total. The van der Waals surface area contributed by atoms with Gasteiger partial charge in [-0.15, -0.1) is 0 Å². The Bertz CT molecular complexity index is 193. The van der Waals surface area contributed by atoms with Gasteiger partial charge in [0.15, 0.2) is 0 Å². The molecule has 1 heteroatoms. The first kappa shape index (κ1) is 9.50. The van der Waals surface area contributed by atoms with Gasteiger partial charge in [0.1, 0.15) is 5.78 Å². The third-order valence-electron chi connectivity index (χ3n) is 2.93. The van der Waals surface area contributed by atoms with E-state index in [2.05, 4.69) is 13.5 Å². The summed E-state index contributed by atoms with van der Waals surface area (Å²) in [5.41, 5.74) is 1.05. The summed E-state index contributed by atoms with van der Waals surface area (Å²) in [6.07, 6.45) is 4.12. The van der Waals surface area contributed by atoms with E-state index in [0.29, 0.717) is 5.78 Å². The SMILES string of the molecule is C=C(C)C1CC(CC)CCC1=O. The van der Waals surface area contributed by atoms with Gasteiger partial charge in [-0.2, -0.15) is 0 Å². The summed E-state index contributed by atoms with van der Waals surface area (Å²) in [6, 6.07) is 0. The molecule has 0 amide bonds. The van der Waals surface area contributed by atoms with Gasteiger partial charge in [-0.3, -0.25) is 4.79 Å². The topological polar surface area (TPSA) is 17.1 Å². The van der Waals surface area contributed by atoms with Crippen molar-refractivity contribution in [3.63, 3.8) is 0 Å². The summed E-state index contributed by atoms with van der Waals surface area (Å²) in [7, 11) is 0. The lowest BCUT2D eigenvalue weighted by Gasteiger charge is -2.27.